The lowest BCUT2D eigenvalue weighted by atomic mass is 10.1. The standard InChI is InChI=1S/C13H16FN/c1-4-13(5-2)15-10(3)11-6-8-12(14)9-7-11/h1,6-10,13,15H,5H2,2-3H3/t10-,13?/m1/s1. The number of terminal acetylenes is 1. The molecule has 2 heteroatoms. The van der Waals surface area contributed by atoms with Gasteiger partial charge in [-0.1, -0.05) is 25.0 Å². The average molecular weight is 205 g/mol. The maximum Gasteiger partial charge on any atom is 0.123 e. The Hall–Kier alpha value is -1.33. The second kappa shape index (κ2) is 5.53. The third-order valence-electron chi connectivity index (χ3n) is 2.43. The molecule has 1 aromatic rings. The van der Waals surface area contributed by atoms with Gasteiger partial charge in [0.2, 0.25) is 0 Å². The highest BCUT2D eigenvalue weighted by Crippen LogP contribution is 2.13. The molecule has 0 aliphatic carbocycles. The van der Waals surface area contributed by atoms with E-state index in [0.29, 0.717) is 0 Å². The van der Waals surface area contributed by atoms with Crippen LogP contribution in [0.5, 0.6) is 0 Å². The fourth-order valence-electron chi connectivity index (χ4n) is 1.43. The van der Waals surface area contributed by atoms with Gasteiger partial charge < -0.3 is 0 Å². The number of hydrogen-bond acceptors (Lipinski definition) is 1. The molecule has 1 aromatic carbocycles. The second-order valence-electron chi connectivity index (χ2n) is 3.57. The number of halogens is 1. The van der Waals surface area contributed by atoms with Gasteiger partial charge in [0, 0.05) is 6.04 Å². The van der Waals surface area contributed by atoms with Gasteiger partial charge in [-0.05, 0) is 31.0 Å². The van der Waals surface area contributed by atoms with Gasteiger partial charge in [-0.2, -0.15) is 0 Å². The summed E-state index contributed by atoms with van der Waals surface area (Å²) in [4.78, 5) is 0. The predicted molar refractivity (Wildman–Crippen MR) is 60.9 cm³/mol. The van der Waals surface area contributed by atoms with E-state index in [1.54, 1.807) is 12.1 Å². The molecule has 0 radical (unpaired) electrons. The van der Waals surface area contributed by atoms with E-state index < -0.39 is 0 Å². The van der Waals surface area contributed by atoms with Gasteiger partial charge in [0.1, 0.15) is 5.82 Å². The van der Waals surface area contributed by atoms with Crippen LogP contribution in [0.1, 0.15) is 31.9 Å². The molecule has 80 valence electrons. The lowest BCUT2D eigenvalue weighted by Gasteiger charge is -2.18. The van der Waals surface area contributed by atoms with Crippen molar-refractivity contribution in [1.29, 1.82) is 0 Å². The van der Waals surface area contributed by atoms with E-state index in [1.165, 1.54) is 12.1 Å². The van der Waals surface area contributed by atoms with Crippen LogP contribution < -0.4 is 5.32 Å². The van der Waals surface area contributed by atoms with Crippen molar-refractivity contribution < 1.29 is 4.39 Å². The molecule has 0 amide bonds. The van der Waals surface area contributed by atoms with Crippen LogP contribution in [-0.2, 0) is 0 Å². The van der Waals surface area contributed by atoms with Crippen LogP contribution in [0.3, 0.4) is 0 Å². The minimum atomic E-state index is -0.213. The predicted octanol–water partition coefficient (Wildman–Crippen LogP) is 2.89. The summed E-state index contributed by atoms with van der Waals surface area (Å²) >= 11 is 0. The first kappa shape index (κ1) is 11.7. The lowest BCUT2D eigenvalue weighted by molar-refractivity contribution is 0.511. The molecule has 0 aliphatic rings. The quantitative estimate of drug-likeness (QED) is 0.745. The number of hydrogen-bond donors (Lipinski definition) is 1. The molecule has 15 heavy (non-hydrogen) atoms. The highest BCUT2D eigenvalue weighted by atomic mass is 19.1. The first-order valence-corrected chi connectivity index (χ1v) is 5.15. The minimum absolute atomic E-state index is 0.0741. The molecular weight excluding hydrogens is 189 g/mol. The fraction of sp³-hybridized carbons (Fsp3) is 0.385. The zero-order valence-corrected chi connectivity index (χ0v) is 9.13. The van der Waals surface area contributed by atoms with Crippen LogP contribution >= 0.6 is 0 Å². The highest BCUT2D eigenvalue weighted by Gasteiger charge is 2.09. The van der Waals surface area contributed by atoms with Gasteiger partial charge in [0.25, 0.3) is 0 Å². The normalized spacial score (nSPS) is 14.3. The third-order valence-corrected chi connectivity index (χ3v) is 2.43. The summed E-state index contributed by atoms with van der Waals surface area (Å²) in [6.07, 6.45) is 6.25. The Balaban J connectivity index is 2.65. The number of rotatable bonds is 4. The molecule has 0 saturated carbocycles. The van der Waals surface area contributed by atoms with Crippen molar-refractivity contribution in [2.45, 2.75) is 32.4 Å². The second-order valence-corrected chi connectivity index (χ2v) is 3.57. The summed E-state index contributed by atoms with van der Waals surface area (Å²) in [5.74, 6) is 2.47. The molecule has 1 N–H and O–H groups in total. The lowest BCUT2D eigenvalue weighted by Crippen LogP contribution is -2.29. The molecule has 0 aromatic heterocycles. The van der Waals surface area contributed by atoms with Gasteiger partial charge >= 0.3 is 0 Å². The average Bonchev–Trinajstić information content (AvgIpc) is 2.26. The molecule has 0 bridgehead atoms. The number of benzene rings is 1. The van der Waals surface area contributed by atoms with Gasteiger partial charge in [0.05, 0.1) is 6.04 Å². The van der Waals surface area contributed by atoms with Crippen LogP contribution in [0.25, 0.3) is 0 Å². The zero-order chi connectivity index (χ0) is 11.3. The fourth-order valence-corrected chi connectivity index (χ4v) is 1.43. The molecule has 0 spiro atoms. The van der Waals surface area contributed by atoms with Crippen molar-refractivity contribution in [3.63, 3.8) is 0 Å². The highest BCUT2D eigenvalue weighted by molar-refractivity contribution is 5.20. The first-order valence-electron chi connectivity index (χ1n) is 5.15. The molecule has 2 atom stereocenters. The van der Waals surface area contributed by atoms with Crippen LogP contribution in [0.15, 0.2) is 24.3 Å². The van der Waals surface area contributed by atoms with E-state index in [4.69, 9.17) is 6.42 Å². The molecule has 0 saturated heterocycles. The summed E-state index contributed by atoms with van der Waals surface area (Å²) in [7, 11) is 0. The van der Waals surface area contributed by atoms with Gasteiger partial charge in [-0.25, -0.2) is 4.39 Å². The largest absolute Gasteiger partial charge is 0.297 e. The molecule has 1 rings (SSSR count). The maximum atomic E-state index is 12.7. The van der Waals surface area contributed by atoms with Crippen LogP contribution in [0, 0.1) is 18.2 Å². The first-order chi connectivity index (χ1) is 7.17. The number of nitrogens with one attached hydrogen (secondary N) is 1. The SMILES string of the molecule is C#CC(CC)N[C@H](C)c1ccc(F)cc1. The van der Waals surface area contributed by atoms with Crippen molar-refractivity contribution in [2.24, 2.45) is 0 Å². The molecule has 0 aliphatic heterocycles. The minimum Gasteiger partial charge on any atom is -0.297 e. The molecule has 0 fully saturated rings. The van der Waals surface area contributed by atoms with Crippen LogP contribution in [-0.4, -0.2) is 6.04 Å². The zero-order valence-electron chi connectivity index (χ0n) is 9.13. The van der Waals surface area contributed by atoms with E-state index >= 15 is 0 Å². The van der Waals surface area contributed by atoms with Crippen molar-refractivity contribution in [3.05, 3.63) is 35.6 Å². The van der Waals surface area contributed by atoms with Crippen LogP contribution in [0.4, 0.5) is 4.39 Å². The monoisotopic (exact) mass is 205 g/mol. The Bertz CT molecular complexity index is 337. The topological polar surface area (TPSA) is 12.0 Å². The Morgan fingerprint density at radius 3 is 2.47 bits per heavy atom. The Morgan fingerprint density at radius 1 is 1.40 bits per heavy atom. The van der Waals surface area contributed by atoms with E-state index in [9.17, 15) is 4.39 Å². The Morgan fingerprint density at radius 2 is 2.00 bits per heavy atom. The summed E-state index contributed by atoms with van der Waals surface area (Å²) in [5, 5.41) is 3.29. The van der Waals surface area contributed by atoms with Gasteiger partial charge in [-0.15, -0.1) is 6.42 Å². The Labute approximate surface area is 90.7 Å². The van der Waals surface area contributed by atoms with E-state index in [0.717, 1.165) is 12.0 Å². The maximum absolute atomic E-state index is 12.7. The van der Waals surface area contributed by atoms with Gasteiger partial charge in [0.15, 0.2) is 0 Å². The molecule has 1 nitrogen and oxygen atoms in total. The van der Waals surface area contributed by atoms with E-state index in [-0.39, 0.29) is 17.9 Å². The van der Waals surface area contributed by atoms with Crippen molar-refractivity contribution >= 4 is 0 Å². The summed E-state index contributed by atoms with van der Waals surface area (Å²) in [5.41, 5.74) is 1.05. The smallest absolute Gasteiger partial charge is 0.123 e. The van der Waals surface area contributed by atoms with Crippen LogP contribution in [0.2, 0.25) is 0 Å². The van der Waals surface area contributed by atoms with Crippen molar-refractivity contribution in [1.82, 2.24) is 5.32 Å². The summed E-state index contributed by atoms with van der Waals surface area (Å²) in [6, 6.07) is 6.69. The third kappa shape index (κ3) is 3.38. The van der Waals surface area contributed by atoms with Crippen molar-refractivity contribution in [3.8, 4) is 12.3 Å². The van der Waals surface area contributed by atoms with Crippen molar-refractivity contribution in [2.75, 3.05) is 0 Å². The van der Waals surface area contributed by atoms with E-state index in [1.807, 2.05) is 13.8 Å². The molecule has 1 unspecified atom stereocenters. The Kier molecular flexibility index (Phi) is 4.33. The molecular formula is C13H16FN. The summed E-state index contributed by atoms with van der Waals surface area (Å²) < 4.78 is 12.7. The molecule has 0 heterocycles. The van der Waals surface area contributed by atoms with E-state index in [2.05, 4.69) is 11.2 Å². The van der Waals surface area contributed by atoms with Gasteiger partial charge in [-0.3, -0.25) is 5.32 Å². The summed E-state index contributed by atoms with van der Waals surface area (Å²) in [6.45, 7) is 4.06.